The SMILES string of the molecule is COc1ccnc(C(C)(C)CCOc2ccc(C)c(C(C)(C)SS)n2)c1C. The van der Waals surface area contributed by atoms with E-state index in [1.165, 1.54) is 10.8 Å². The zero-order valence-electron chi connectivity index (χ0n) is 17.3. The van der Waals surface area contributed by atoms with Crippen molar-refractivity contribution in [1.29, 1.82) is 0 Å². The van der Waals surface area contributed by atoms with Gasteiger partial charge in [0.15, 0.2) is 0 Å². The minimum absolute atomic E-state index is 0.133. The fourth-order valence-electron chi connectivity index (χ4n) is 3.19. The smallest absolute Gasteiger partial charge is 0.213 e. The molecule has 0 radical (unpaired) electrons. The zero-order chi connectivity index (χ0) is 20.2. The summed E-state index contributed by atoms with van der Waals surface area (Å²) in [5.41, 5.74) is 4.13. The van der Waals surface area contributed by atoms with Gasteiger partial charge in [-0.15, -0.1) is 11.7 Å². The summed E-state index contributed by atoms with van der Waals surface area (Å²) >= 11 is 4.39. The number of ether oxygens (including phenoxy) is 2. The molecule has 27 heavy (non-hydrogen) atoms. The van der Waals surface area contributed by atoms with E-state index in [9.17, 15) is 0 Å². The van der Waals surface area contributed by atoms with E-state index in [0.29, 0.717) is 12.5 Å². The molecule has 2 rings (SSSR count). The summed E-state index contributed by atoms with van der Waals surface area (Å²) in [6.45, 7) is 13.3. The molecule has 0 atom stereocenters. The molecule has 2 aromatic heterocycles. The minimum atomic E-state index is -0.173. The first-order chi connectivity index (χ1) is 12.6. The second-order valence-corrected chi connectivity index (χ2v) is 9.64. The molecule has 0 aliphatic carbocycles. The predicted molar refractivity (Wildman–Crippen MR) is 117 cm³/mol. The molecule has 0 bridgehead atoms. The lowest BCUT2D eigenvalue weighted by Crippen LogP contribution is -2.24. The molecule has 6 heteroatoms. The minimum Gasteiger partial charge on any atom is -0.496 e. The second kappa shape index (κ2) is 8.74. The van der Waals surface area contributed by atoms with Gasteiger partial charge in [0.1, 0.15) is 5.75 Å². The topological polar surface area (TPSA) is 44.2 Å². The molecule has 0 spiro atoms. The van der Waals surface area contributed by atoms with Gasteiger partial charge in [-0.25, -0.2) is 4.98 Å². The van der Waals surface area contributed by atoms with Crippen molar-refractivity contribution in [1.82, 2.24) is 9.97 Å². The number of thiol groups is 1. The Hall–Kier alpha value is -1.40. The van der Waals surface area contributed by atoms with Crippen LogP contribution in [0.1, 0.15) is 56.6 Å². The monoisotopic (exact) mass is 406 g/mol. The Morgan fingerprint density at radius 1 is 1.07 bits per heavy atom. The molecule has 0 aromatic carbocycles. The molecular weight excluding hydrogens is 376 g/mol. The van der Waals surface area contributed by atoms with Crippen molar-refractivity contribution in [3.63, 3.8) is 0 Å². The first-order valence-corrected chi connectivity index (χ1v) is 10.9. The lowest BCUT2D eigenvalue weighted by molar-refractivity contribution is 0.260. The van der Waals surface area contributed by atoms with Gasteiger partial charge in [0.05, 0.1) is 29.9 Å². The number of methoxy groups -OCH3 is 1. The lowest BCUT2D eigenvalue weighted by Gasteiger charge is -2.27. The van der Waals surface area contributed by atoms with Gasteiger partial charge in [-0.2, -0.15) is 0 Å². The molecular formula is C21H30N2O2S2. The molecule has 0 aliphatic heterocycles. The van der Waals surface area contributed by atoms with Gasteiger partial charge >= 0.3 is 0 Å². The maximum absolute atomic E-state index is 5.99. The van der Waals surface area contributed by atoms with Crippen molar-refractivity contribution in [3.05, 3.63) is 46.9 Å². The highest BCUT2D eigenvalue weighted by molar-refractivity contribution is 8.68. The summed E-state index contributed by atoms with van der Waals surface area (Å²) in [6.07, 6.45) is 2.62. The van der Waals surface area contributed by atoms with Crippen LogP contribution < -0.4 is 9.47 Å². The third-order valence-electron chi connectivity index (χ3n) is 4.86. The largest absolute Gasteiger partial charge is 0.496 e. The Morgan fingerprint density at radius 2 is 1.78 bits per heavy atom. The molecule has 0 aliphatic rings. The van der Waals surface area contributed by atoms with Gasteiger partial charge in [0, 0.05) is 23.2 Å². The summed E-state index contributed by atoms with van der Waals surface area (Å²) in [5, 5.41) is 0. The molecule has 148 valence electrons. The highest BCUT2D eigenvalue weighted by atomic mass is 33.1. The second-order valence-electron chi connectivity index (χ2n) is 7.89. The van der Waals surface area contributed by atoms with Crippen LogP contribution in [-0.2, 0) is 10.2 Å². The molecule has 2 aromatic rings. The third kappa shape index (κ3) is 5.11. The molecule has 2 heterocycles. The normalized spacial score (nSPS) is 12.1. The van der Waals surface area contributed by atoms with Crippen LogP contribution in [0.4, 0.5) is 0 Å². The fraction of sp³-hybridized carbons (Fsp3) is 0.524. The van der Waals surface area contributed by atoms with Crippen molar-refractivity contribution in [3.8, 4) is 11.6 Å². The zero-order valence-corrected chi connectivity index (χ0v) is 19.0. The Morgan fingerprint density at radius 3 is 2.41 bits per heavy atom. The maximum Gasteiger partial charge on any atom is 0.213 e. The van der Waals surface area contributed by atoms with Crippen LogP contribution in [0.15, 0.2) is 24.4 Å². The Balaban J connectivity index is 2.11. The van der Waals surface area contributed by atoms with Gasteiger partial charge < -0.3 is 9.47 Å². The highest BCUT2D eigenvalue weighted by Crippen LogP contribution is 2.39. The summed E-state index contributed by atoms with van der Waals surface area (Å²) < 4.78 is 11.2. The summed E-state index contributed by atoms with van der Waals surface area (Å²) in [4.78, 5) is 9.32. The molecule has 0 fully saturated rings. The van der Waals surface area contributed by atoms with Gasteiger partial charge in [-0.1, -0.05) is 30.7 Å². The number of rotatable bonds is 8. The molecule has 0 amide bonds. The van der Waals surface area contributed by atoms with E-state index in [0.717, 1.165) is 34.7 Å². The summed E-state index contributed by atoms with van der Waals surface area (Å²) in [7, 11) is 3.18. The van der Waals surface area contributed by atoms with Crippen molar-refractivity contribution in [2.45, 2.75) is 58.1 Å². The first-order valence-electron chi connectivity index (χ1n) is 9.06. The van der Waals surface area contributed by atoms with Crippen molar-refractivity contribution < 1.29 is 9.47 Å². The van der Waals surface area contributed by atoms with Crippen LogP contribution >= 0.6 is 22.5 Å². The Bertz CT molecular complexity index is 792. The van der Waals surface area contributed by atoms with Gasteiger partial charge in [-0.05, 0) is 45.7 Å². The standard InChI is InChI=1S/C21H30N2O2S2/c1-14-8-9-17(23-18(14)21(5,6)27-26)25-13-11-20(3,4)19-15(2)16(24-7)10-12-22-19/h8-10,12,26H,11,13H2,1-7H3. The van der Waals surface area contributed by atoms with E-state index >= 15 is 0 Å². The van der Waals surface area contributed by atoms with Gasteiger partial charge in [-0.3, -0.25) is 4.98 Å². The number of nitrogens with zero attached hydrogens (tertiary/aromatic N) is 2. The molecule has 4 nitrogen and oxygen atoms in total. The number of hydrogen-bond donors (Lipinski definition) is 1. The molecule has 0 unspecified atom stereocenters. The van der Waals surface area contributed by atoms with E-state index < -0.39 is 0 Å². The summed E-state index contributed by atoms with van der Waals surface area (Å²) in [5.74, 6) is 1.52. The predicted octanol–water partition coefficient (Wildman–Crippen LogP) is 5.66. The Kier molecular flexibility index (Phi) is 7.09. The van der Waals surface area contributed by atoms with E-state index in [-0.39, 0.29) is 10.2 Å². The number of aromatic nitrogens is 2. The molecule has 0 saturated heterocycles. The first kappa shape index (κ1) is 21.9. The average Bonchev–Trinajstić information content (AvgIpc) is 2.62. The van der Waals surface area contributed by atoms with Crippen LogP contribution in [-0.4, -0.2) is 23.7 Å². The molecule has 0 saturated carbocycles. The van der Waals surface area contributed by atoms with Crippen LogP contribution in [0.25, 0.3) is 0 Å². The van der Waals surface area contributed by atoms with E-state index in [4.69, 9.17) is 14.5 Å². The van der Waals surface area contributed by atoms with Crippen molar-refractivity contribution in [2.75, 3.05) is 13.7 Å². The van der Waals surface area contributed by atoms with Crippen LogP contribution in [0.2, 0.25) is 0 Å². The number of aryl methyl sites for hydroxylation is 1. The van der Waals surface area contributed by atoms with Crippen molar-refractivity contribution >= 4 is 22.5 Å². The van der Waals surface area contributed by atoms with Gasteiger partial charge in [0.25, 0.3) is 0 Å². The number of pyridine rings is 2. The number of hydrogen-bond acceptors (Lipinski definition) is 6. The van der Waals surface area contributed by atoms with Crippen LogP contribution in [0.3, 0.4) is 0 Å². The highest BCUT2D eigenvalue weighted by Gasteiger charge is 2.27. The Labute approximate surface area is 172 Å². The molecule has 0 N–H and O–H groups in total. The maximum atomic E-state index is 5.99. The average molecular weight is 407 g/mol. The van der Waals surface area contributed by atoms with E-state index in [1.54, 1.807) is 13.3 Å². The fourth-order valence-corrected chi connectivity index (χ4v) is 3.75. The van der Waals surface area contributed by atoms with Crippen molar-refractivity contribution in [2.24, 2.45) is 0 Å². The summed E-state index contributed by atoms with van der Waals surface area (Å²) in [6, 6.07) is 5.88. The third-order valence-corrected chi connectivity index (χ3v) is 6.88. The van der Waals surface area contributed by atoms with E-state index in [2.05, 4.69) is 64.3 Å². The van der Waals surface area contributed by atoms with Gasteiger partial charge in [0.2, 0.25) is 5.88 Å². The van der Waals surface area contributed by atoms with Crippen LogP contribution in [0, 0.1) is 13.8 Å². The van der Waals surface area contributed by atoms with E-state index in [1.807, 2.05) is 12.1 Å². The van der Waals surface area contributed by atoms with Crippen LogP contribution in [0.5, 0.6) is 11.6 Å². The quantitative estimate of drug-likeness (QED) is 0.452. The lowest BCUT2D eigenvalue weighted by atomic mass is 9.83.